The number of aromatic nitrogens is 3. The second-order valence-electron chi connectivity index (χ2n) is 8.45. The van der Waals surface area contributed by atoms with E-state index in [9.17, 15) is 18.4 Å². The summed E-state index contributed by atoms with van der Waals surface area (Å²) in [6, 6.07) is 3.98. The second kappa shape index (κ2) is 10.9. The number of hydrogen-bond acceptors (Lipinski definition) is 7. The van der Waals surface area contributed by atoms with Crippen LogP contribution in [0.3, 0.4) is 0 Å². The lowest BCUT2D eigenvalue weighted by molar-refractivity contribution is -0.117. The first-order valence-electron chi connectivity index (χ1n) is 11.3. The molecule has 1 aliphatic carbocycles. The molecule has 3 aromatic heterocycles. The number of hydrogen-bond donors (Lipinski definition) is 2. The standard InChI is InChI=1S/C25H23ClF2N6O3/c1-13-10-32-22(30-6-5-18(29)24(35)33-16-3-4-16)9-20(13)34-14(2)7-21(23(26)25(34)36)37-12-19-17(28)8-15(27)11-31-19/h5-11,16H,3-4,12,29H2,1-2H3,(H,33,35). The van der Waals surface area contributed by atoms with E-state index in [0.717, 1.165) is 19.0 Å². The van der Waals surface area contributed by atoms with E-state index in [1.165, 1.54) is 22.9 Å². The largest absolute Gasteiger partial charge is 0.485 e. The molecule has 0 unspecified atom stereocenters. The molecule has 1 saturated carbocycles. The first-order chi connectivity index (χ1) is 17.6. The highest BCUT2D eigenvalue weighted by atomic mass is 35.5. The van der Waals surface area contributed by atoms with Crippen molar-refractivity contribution in [1.82, 2.24) is 19.9 Å². The van der Waals surface area contributed by atoms with E-state index in [2.05, 4.69) is 20.3 Å². The number of allylic oxidation sites excluding steroid dienone is 1. The molecule has 192 valence electrons. The molecule has 0 saturated heterocycles. The Hall–Kier alpha value is -4.12. The van der Waals surface area contributed by atoms with Crippen molar-refractivity contribution in [2.24, 2.45) is 10.7 Å². The molecule has 0 bridgehead atoms. The number of aliphatic imine (C=N–C) groups is 1. The molecule has 0 radical (unpaired) electrons. The smallest absolute Gasteiger partial charge is 0.277 e. The molecule has 1 amide bonds. The summed E-state index contributed by atoms with van der Waals surface area (Å²) in [5, 5.41) is 2.55. The van der Waals surface area contributed by atoms with Gasteiger partial charge >= 0.3 is 0 Å². The number of carbonyl (C=O) groups is 1. The van der Waals surface area contributed by atoms with Crippen LogP contribution in [0.5, 0.6) is 5.75 Å². The molecule has 37 heavy (non-hydrogen) atoms. The van der Waals surface area contributed by atoms with Crippen molar-refractivity contribution in [3.63, 3.8) is 0 Å². The minimum atomic E-state index is -0.873. The minimum absolute atomic E-state index is 0.0214. The molecule has 1 fully saturated rings. The lowest BCUT2D eigenvalue weighted by atomic mass is 10.2. The maximum absolute atomic E-state index is 13.9. The molecular formula is C25H23ClF2N6O3. The predicted molar refractivity (Wildman–Crippen MR) is 134 cm³/mol. The first-order valence-corrected chi connectivity index (χ1v) is 11.6. The molecule has 9 nitrogen and oxygen atoms in total. The highest BCUT2D eigenvalue weighted by Crippen LogP contribution is 2.26. The normalized spacial score (nSPS) is 13.7. The van der Waals surface area contributed by atoms with Crippen LogP contribution in [0.1, 0.15) is 29.8 Å². The number of nitrogens with two attached hydrogens (primary N) is 1. The van der Waals surface area contributed by atoms with Crippen LogP contribution in [0, 0.1) is 25.5 Å². The minimum Gasteiger partial charge on any atom is -0.485 e. The third-order valence-corrected chi connectivity index (χ3v) is 5.83. The summed E-state index contributed by atoms with van der Waals surface area (Å²) in [6.45, 7) is 3.09. The third-order valence-electron chi connectivity index (χ3n) is 5.49. The van der Waals surface area contributed by atoms with E-state index in [1.54, 1.807) is 26.1 Å². The lowest BCUT2D eigenvalue weighted by Crippen LogP contribution is -2.30. The van der Waals surface area contributed by atoms with Crippen molar-refractivity contribution in [2.45, 2.75) is 39.3 Å². The zero-order chi connectivity index (χ0) is 26.7. The van der Waals surface area contributed by atoms with Crippen molar-refractivity contribution >= 4 is 29.5 Å². The van der Waals surface area contributed by atoms with Gasteiger partial charge in [-0.2, -0.15) is 0 Å². The fourth-order valence-electron chi connectivity index (χ4n) is 3.36. The van der Waals surface area contributed by atoms with Crippen LogP contribution in [0.25, 0.3) is 5.69 Å². The van der Waals surface area contributed by atoms with Crippen molar-refractivity contribution in [2.75, 3.05) is 0 Å². The molecule has 0 aliphatic heterocycles. The number of carbonyl (C=O) groups excluding carboxylic acids is 1. The Morgan fingerprint density at radius 3 is 2.73 bits per heavy atom. The third kappa shape index (κ3) is 6.18. The Balaban J connectivity index is 1.57. The van der Waals surface area contributed by atoms with Gasteiger partial charge in [-0.25, -0.2) is 18.8 Å². The van der Waals surface area contributed by atoms with E-state index >= 15 is 0 Å². The number of ether oxygens (including phenoxy) is 1. The molecule has 1 aliphatic rings. The Morgan fingerprint density at radius 2 is 2.03 bits per heavy atom. The molecule has 0 spiro atoms. The van der Waals surface area contributed by atoms with E-state index < -0.39 is 17.2 Å². The fraction of sp³-hybridized carbons (Fsp3) is 0.240. The maximum atomic E-state index is 13.9. The molecule has 12 heteroatoms. The van der Waals surface area contributed by atoms with Gasteiger partial charge in [-0.1, -0.05) is 11.6 Å². The monoisotopic (exact) mass is 528 g/mol. The molecule has 0 atom stereocenters. The Bertz CT molecular complexity index is 1480. The second-order valence-corrected chi connectivity index (χ2v) is 8.83. The van der Waals surface area contributed by atoms with Gasteiger partial charge in [0, 0.05) is 42.3 Å². The van der Waals surface area contributed by atoms with E-state index in [1.807, 2.05) is 0 Å². The van der Waals surface area contributed by atoms with Crippen LogP contribution in [0.4, 0.5) is 14.6 Å². The highest BCUT2D eigenvalue weighted by Gasteiger charge is 2.23. The van der Waals surface area contributed by atoms with Gasteiger partial charge in [0.25, 0.3) is 11.5 Å². The highest BCUT2D eigenvalue weighted by molar-refractivity contribution is 6.31. The SMILES string of the molecule is Cc1cnc(N=CC=C(N)C(=O)NC2CC2)cc1-n1c(C)cc(OCc2ncc(F)cc2F)c(Cl)c1=O. The van der Waals surface area contributed by atoms with Crippen LogP contribution in [0.15, 0.2) is 52.2 Å². The van der Waals surface area contributed by atoms with Crippen molar-refractivity contribution < 1.29 is 18.3 Å². The Labute approximate surface area is 215 Å². The zero-order valence-corrected chi connectivity index (χ0v) is 20.7. The van der Waals surface area contributed by atoms with Crippen LogP contribution in [0.2, 0.25) is 5.02 Å². The summed E-state index contributed by atoms with van der Waals surface area (Å²) in [5.41, 5.74) is 6.71. The molecule has 0 aromatic carbocycles. The number of aryl methyl sites for hydroxylation is 2. The van der Waals surface area contributed by atoms with Gasteiger partial charge in [-0.15, -0.1) is 0 Å². The number of amides is 1. The van der Waals surface area contributed by atoms with Crippen LogP contribution < -0.4 is 21.3 Å². The van der Waals surface area contributed by atoms with Crippen LogP contribution >= 0.6 is 11.6 Å². The molecule has 3 aromatic rings. The molecule has 3 N–H and O–H groups in total. The van der Waals surface area contributed by atoms with Crippen LogP contribution in [-0.4, -0.2) is 32.7 Å². The summed E-state index contributed by atoms with van der Waals surface area (Å²) in [6.07, 6.45) is 7.03. The number of rotatable bonds is 8. The van der Waals surface area contributed by atoms with Gasteiger partial charge in [0.15, 0.2) is 11.6 Å². The summed E-state index contributed by atoms with van der Waals surface area (Å²) in [5.74, 6) is -1.74. The van der Waals surface area contributed by atoms with Gasteiger partial charge in [-0.3, -0.25) is 19.1 Å². The number of nitrogens with one attached hydrogen (secondary N) is 1. The average molecular weight is 529 g/mol. The predicted octanol–water partition coefficient (Wildman–Crippen LogP) is 3.58. The summed E-state index contributed by atoms with van der Waals surface area (Å²) in [4.78, 5) is 37.2. The lowest BCUT2D eigenvalue weighted by Gasteiger charge is -2.16. The van der Waals surface area contributed by atoms with Crippen molar-refractivity contribution in [1.29, 1.82) is 0 Å². The summed E-state index contributed by atoms with van der Waals surface area (Å²) >= 11 is 6.29. The fourth-order valence-corrected chi connectivity index (χ4v) is 3.55. The van der Waals surface area contributed by atoms with Crippen molar-refractivity contribution in [3.05, 3.63) is 86.3 Å². The number of pyridine rings is 3. The average Bonchev–Trinajstić information content (AvgIpc) is 3.67. The summed E-state index contributed by atoms with van der Waals surface area (Å²) < 4.78 is 33.8. The first kappa shape index (κ1) is 26.0. The summed E-state index contributed by atoms with van der Waals surface area (Å²) in [7, 11) is 0. The van der Waals surface area contributed by atoms with Gasteiger partial charge in [-0.05, 0) is 38.3 Å². The van der Waals surface area contributed by atoms with Gasteiger partial charge in [0.2, 0.25) is 0 Å². The Kier molecular flexibility index (Phi) is 7.63. The maximum Gasteiger partial charge on any atom is 0.277 e. The van der Waals surface area contributed by atoms with Gasteiger partial charge < -0.3 is 15.8 Å². The molecule has 4 rings (SSSR count). The number of nitrogens with zero attached hydrogens (tertiary/aromatic N) is 4. The molecule has 3 heterocycles. The molecular weight excluding hydrogens is 506 g/mol. The topological polar surface area (TPSA) is 124 Å². The number of halogens is 3. The quantitative estimate of drug-likeness (QED) is 0.340. The van der Waals surface area contributed by atoms with Crippen molar-refractivity contribution in [3.8, 4) is 11.4 Å². The van der Waals surface area contributed by atoms with Crippen LogP contribution in [-0.2, 0) is 11.4 Å². The Morgan fingerprint density at radius 1 is 1.27 bits per heavy atom. The van der Waals surface area contributed by atoms with E-state index in [-0.39, 0.29) is 46.5 Å². The van der Waals surface area contributed by atoms with Gasteiger partial charge in [0.05, 0.1) is 17.6 Å². The van der Waals surface area contributed by atoms with E-state index in [0.29, 0.717) is 23.0 Å². The van der Waals surface area contributed by atoms with Gasteiger partial charge in [0.1, 0.15) is 28.9 Å². The zero-order valence-electron chi connectivity index (χ0n) is 20.0. The van der Waals surface area contributed by atoms with E-state index in [4.69, 9.17) is 22.1 Å².